The van der Waals surface area contributed by atoms with Crippen molar-refractivity contribution in [3.05, 3.63) is 86.1 Å². The van der Waals surface area contributed by atoms with E-state index in [2.05, 4.69) is 11.7 Å². The van der Waals surface area contributed by atoms with Crippen LogP contribution < -0.4 is 16.1 Å². The summed E-state index contributed by atoms with van der Waals surface area (Å²) in [6.07, 6.45) is 1.80. The molecule has 1 N–H and O–H groups in total. The average Bonchev–Trinajstić information content (AvgIpc) is 2.78. The van der Waals surface area contributed by atoms with Crippen LogP contribution in [0.3, 0.4) is 0 Å². The monoisotopic (exact) mass is 296 g/mol. The first-order valence-electron chi connectivity index (χ1n) is 6.48. The van der Waals surface area contributed by atoms with Gasteiger partial charge < -0.3 is 0 Å². The Morgan fingerprint density at radius 2 is 1.71 bits per heavy atom. The summed E-state index contributed by atoms with van der Waals surface area (Å²) in [4.78, 5) is 12.5. The van der Waals surface area contributed by atoms with Gasteiger partial charge in [-0.05, 0) is 35.9 Å². The zero-order valence-electron chi connectivity index (χ0n) is 11.2. The molecule has 0 saturated carbocycles. The largest absolute Gasteiger partial charge is 0.291 e. The van der Waals surface area contributed by atoms with Gasteiger partial charge in [-0.15, -0.1) is 0 Å². The number of halogens is 1. The van der Waals surface area contributed by atoms with Crippen LogP contribution in [-0.4, -0.2) is 9.78 Å². The van der Waals surface area contributed by atoms with Crippen LogP contribution in [0.4, 0.5) is 0 Å². The van der Waals surface area contributed by atoms with E-state index < -0.39 is 0 Å². The number of rotatable bonds is 2. The molecule has 3 nitrogen and oxygen atoms in total. The Kier molecular flexibility index (Phi) is 3.50. The molecule has 0 aliphatic carbocycles. The Labute approximate surface area is 126 Å². The van der Waals surface area contributed by atoms with Crippen molar-refractivity contribution < 1.29 is 0 Å². The standard InChI is InChI=1S/C17H13ClN2O/c1-12-16(11-13-7-9-14(18)10-8-13)17(21)20(19-12)15-5-3-2-4-6-15/h2-11,19H,1H2. The van der Waals surface area contributed by atoms with Crippen molar-refractivity contribution in [3.63, 3.8) is 0 Å². The number of aromatic nitrogens is 2. The van der Waals surface area contributed by atoms with Crippen molar-refractivity contribution >= 4 is 24.3 Å². The van der Waals surface area contributed by atoms with E-state index in [4.69, 9.17) is 11.6 Å². The zero-order valence-corrected chi connectivity index (χ0v) is 12.0. The third-order valence-corrected chi connectivity index (χ3v) is 3.45. The smallest absolute Gasteiger partial charge is 0.279 e. The molecule has 4 heteroatoms. The van der Waals surface area contributed by atoms with E-state index in [0.29, 0.717) is 15.6 Å². The fourth-order valence-electron chi connectivity index (χ4n) is 2.13. The molecule has 0 aliphatic rings. The van der Waals surface area contributed by atoms with Gasteiger partial charge in [-0.1, -0.05) is 48.5 Å². The normalized spacial score (nSPS) is 11.8. The van der Waals surface area contributed by atoms with Crippen molar-refractivity contribution in [1.29, 1.82) is 0 Å². The lowest BCUT2D eigenvalue weighted by molar-refractivity contribution is 0.838. The van der Waals surface area contributed by atoms with E-state index in [9.17, 15) is 4.79 Å². The molecule has 2 aromatic carbocycles. The fraction of sp³-hybridized carbons (Fsp3) is 0. The van der Waals surface area contributed by atoms with Gasteiger partial charge in [-0.25, -0.2) is 4.68 Å². The summed E-state index contributed by atoms with van der Waals surface area (Å²) >= 11 is 5.86. The molecule has 0 saturated heterocycles. The van der Waals surface area contributed by atoms with Gasteiger partial charge in [0.1, 0.15) is 0 Å². The van der Waals surface area contributed by atoms with E-state index in [-0.39, 0.29) is 5.56 Å². The molecule has 0 unspecified atom stereocenters. The van der Waals surface area contributed by atoms with Gasteiger partial charge in [-0.3, -0.25) is 9.89 Å². The number of hydrogen-bond acceptors (Lipinski definition) is 1. The van der Waals surface area contributed by atoms with Crippen molar-refractivity contribution in [3.8, 4) is 5.69 Å². The Bertz CT molecular complexity index is 922. The minimum absolute atomic E-state index is 0.124. The Morgan fingerprint density at radius 1 is 1.05 bits per heavy atom. The second kappa shape index (κ2) is 5.46. The minimum Gasteiger partial charge on any atom is -0.291 e. The summed E-state index contributed by atoms with van der Waals surface area (Å²) in [6, 6.07) is 16.7. The number of aromatic amines is 1. The third-order valence-electron chi connectivity index (χ3n) is 3.20. The van der Waals surface area contributed by atoms with Gasteiger partial charge in [0.25, 0.3) is 5.56 Å². The lowest BCUT2D eigenvalue weighted by Gasteiger charge is -1.98. The molecule has 3 aromatic rings. The molecule has 1 aromatic heterocycles. The van der Waals surface area contributed by atoms with Crippen LogP contribution in [0.15, 0.2) is 59.4 Å². The van der Waals surface area contributed by atoms with Gasteiger partial charge in [0.15, 0.2) is 0 Å². The van der Waals surface area contributed by atoms with E-state index in [1.807, 2.05) is 42.5 Å². The quantitative estimate of drug-likeness (QED) is 0.772. The van der Waals surface area contributed by atoms with E-state index in [1.54, 1.807) is 18.2 Å². The van der Waals surface area contributed by atoms with Gasteiger partial charge in [-0.2, -0.15) is 0 Å². The highest BCUT2D eigenvalue weighted by molar-refractivity contribution is 6.30. The molecule has 0 fully saturated rings. The number of para-hydroxylation sites is 1. The van der Waals surface area contributed by atoms with E-state index in [0.717, 1.165) is 11.3 Å². The SMILES string of the molecule is C=c1[nH]n(-c2ccccc2)c(=O)c1=Cc1ccc(Cl)cc1. The molecule has 1 heterocycles. The molecule has 0 aliphatic heterocycles. The first-order chi connectivity index (χ1) is 10.1. The highest BCUT2D eigenvalue weighted by Crippen LogP contribution is 2.09. The highest BCUT2D eigenvalue weighted by Gasteiger charge is 2.03. The molecular weight excluding hydrogens is 284 g/mol. The van der Waals surface area contributed by atoms with Crippen molar-refractivity contribution in [1.82, 2.24) is 9.78 Å². The van der Waals surface area contributed by atoms with Gasteiger partial charge in [0.2, 0.25) is 0 Å². The van der Waals surface area contributed by atoms with Crippen LogP contribution in [0.5, 0.6) is 0 Å². The van der Waals surface area contributed by atoms with Crippen molar-refractivity contribution in [2.45, 2.75) is 0 Å². The minimum atomic E-state index is -0.124. The Balaban J connectivity index is 2.17. The summed E-state index contributed by atoms with van der Waals surface area (Å²) < 4.78 is 1.49. The second-order valence-electron chi connectivity index (χ2n) is 4.68. The van der Waals surface area contributed by atoms with Crippen molar-refractivity contribution in [2.24, 2.45) is 0 Å². The van der Waals surface area contributed by atoms with E-state index in [1.165, 1.54) is 4.68 Å². The van der Waals surface area contributed by atoms with Crippen LogP contribution in [0.2, 0.25) is 5.02 Å². The number of benzene rings is 2. The molecule has 104 valence electrons. The lowest BCUT2D eigenvalue weighted by atomic mass is 10.2. The Morgan fingerprint density at radius 3 is 2.38 bits per heavy atom. The van der Waals surface area contributed by atoms with Crippen LogP contribution in [0, 0.1) is 0 Å². The summed E-state index contributed by atoms with van der Waals surface area (Å²) in [6.45, 7) is 3.91. The number of nitrogens with one attached hydrogen (secondary N) is 1. The summed E-state index contributed by atoms with van der Waals surface area (Å²) in [5, 5.41) is 4.79. The maximum absolute atomic E-state index is 12.5. The molecule has 0 atom stereocenters. The van der Waals surface area contributed by atoms with Crippen LogP contribution in [-0.2, 0) is 0 Å². The summed E-state index contributed by atoms with van der Waals surface area (Å²) in [7, 11) is 0. The van der Waals surface area contributed by atoms with Crippen molar-refractivity contribution in [2.75, 3.05) is 0 Å². The zero-order chi connectivity index (χ0) is 14.8. The fourth-order valence-corrected chi connectivity index (χ4v) is 2.25. The topological polar surface area (TPSA) is 37.8 Å². The number of hydrogen-bond donors (Lipinski definition) is 1. The lowest BCUT2D eigenvalue weighted by Crippen LogP contribution is -2.33. The molecule has 0 bridgehead atoms. The van der Waals surface area contributed by atoms with Gasteiger partial charge >= 0.3 is 0 Å². The molecule has 0 radical (unpaired) electrons. The molecule has 0 spiro atoms. The molecule has 21 heavy (non-hydrogen) atoms. The Hall–Kier alpha value is -2.52. The maximum Gasteiger partial charge on any atom is 0.279 e. The number of H-pyrrole nitrogens is 1. The van der Waals surface area contributed by atoms with Gasteiger partial charge in [0, 0.05) is 5.02 Å². The predicted octanol–water partition coefficient (Wildman–Crippen LogP) is 2.06. The molecular formula is C17H13ClN2O. The highest BCUT2D eigenvalue weighted by atomic mass is 35.5. The van der Waals surface area contributed by atoms with Crippen LogP contribution in [0.1, 0.15) is 5.56 Å². The van der Waals surface area contributed by atoms with E-state index >= 15 is 0 Å². The first-order valence-corrected chi connectivity index (χ1v) is 6.85. The van der Waals surface area contributed by atoms with Gasteiger partial charge in [0.05, 0.1) is 16.3 Å². The molecule has 0 amide bonds. The summed E-state index contributed by atoms with van der Waals surface area (Å²) in [5.74, 6) is 0. The first kappa shape index (κ1) is 13.5. The maximum atomic E-state index is 12.5. The second-order valence-corrected chi connectivity index (χ2v) is 5.11. The summed E-state index contributed by atoms with van der Waals surface area (Å²) in [5.41, 5.74) is 1.56. The number of nitrogens with zero attached hydrogens (tertiary/aromatic N) is 1. The average molecular weight is 297 g/mol. The predicted molar refractivity (Wildman–Crippen MR) is 86.2 cm³/mol. The molecule has 3 rings (SSSR count). The van der Waals surface area contributed by atoms with Crippen LogP contribution in [0.25, 0.3) is 18.3 Å². The third kappa shape index (κ3) is 2.69. The van der Waals surface area contributed by atoms with Crippen LogP contribution >= 0.6 is 11.6 Å².